The van der Waals surface area contributed by atoms with Gasteiger partial charge in [-0.2, -0.15) is 5.26 Å². The van der Waals surface area contributed by atoms with E-state index in [4.69, 9.17) is 16.9 Å². The second-order valence-corrected chi connectivity index (χ2v) is 3.46. The lowest BCUT2D eigenvalue weighted by Crippen LogP contribution is -2.17. The number of rotatable bonds is 1. The van der Waals surface area contributed by atoms with Crippen LogP contribution in [-0.2, 0) is 0 Å². The maximum atomic E-state index is 11.6. The molecule has 1 aromatic heterocycles. The van der Waals surface area contributed by atoms with Crippen molar-refractivity contribution in [3.63, 3.8) is 0 Å². The molecular weight excluding hydrogens is 226 g/mol. The highest BCUT2D eigenvalue weighted by atomic mass is 35.5. The third-order valence-corrected chi connectivity index (χ3v) is 2.29. The lowest BCUT2D eigenvalue weighted by molar-refractivity contribution is 0.0974. The van der Waals surface area contributed by atoms with Crippen molar-refractivity contribution in [1.29, 1.82) is 5.26 Å². The van der Waals surface area contributed by atoms with Gasteiger partial charge in [0.1, 0.15) is 5.15 Å². The molecule has 1 aromatic carbocycles. The van der Waals surface area contributed by atoms with Crippen LogP contribution in [0.2, 0.25) is 5.15 Å². The lowest BCUT2D eigenvalue weighted by Gasteiger charge is -2.04. The van der Waals surface area contributed by atoms with E-state index in [-0.39, 0.29) is 5.15 Å². The van der Waals surface area contributed by atoms with Crippen molar-refractivity contribution in [2.24, 2.45) is 0 Å². The van der Waals surface area contributed by atoms with Crippen molar-refractivity contribution in [2.45, 2.75) is 0 Å². The highest BCUT2D eigenvalue weighted by molar-refractivity contribution is 6.30. The van der Waals surface area contributed by atoms with E-state index in [0.717, 1.165) is 0 Å². The fraction of sp³-hybridized carbons (Fsp3) is 0. The summed E-state index contributed by atoms with van der Waals surface area (Å²) >= 11 is 5.79. The average molecular weight is 232 g/mol. The van der Waals surface area contributed by atoms with Gasteiger partial charge in [0.25, 0.3) is 5.91 Å². The maximum absolute atomic E-state index is 11.6. The molecule has 0 aliphatic rings. The molecule has 1 N–H and O–H groups in total. The van der Waals surface area contributed by atoms with Gasteiger partial charge in [-0.25, -0.2) is 4.98 Å². The van der Waals surface area contributed by atoms with Gasteiger partial charge in [0.05, 0.1) is 11.1 Å². The minimum Gasteiger partial charge on any atom is -0.268 e. The Balaban J connectivity index is 2.68. The molecule has 0 unspecified atom stereocenters. The van der Waals surface area contributed by atoms with Gasteiger partial charge in [0.15, 0.2) is 6.19 Å². The van der Waals surface area contributed by atoms with Crippen molar-refractivity contribution < 1.29 is 4.79 Å². The minimum absolute atomic E-state index is 0.224. The van der Waals surface area contributed by atoms with E-state index in [1.807, 2.05) is 0 Å². The minimum atomic E-state index is -0.483. The van der Waals surface area contributed by atoms with Crippen LogP contribution >= 0.6 is 11.6 Å². The Hall–Kier alpha value is -2.12. The monoisotopic (exact) mass is 231 g/mol. The molecule has 78 valence electrons. The second-order valence-electron chi connectivity index (χ2n) is 3.08. The highest BCUT2D eigenvalue weighted by Gasteiger charge is 2.11. The molecule has 0 fully saturated rings. The molecule has 0 spiro atoms. The van der Waals surface area contributed by atoms with E-state index >= 15 is 0 Å². The Bertz CT molecular complexity index is 604. The number of halogens is 1. The third kappa shape index (κ3) is 1.81. The van der Waals surface area contributed by atoms with Gasteiger partial charge in [-0.1, -0.05) is 29.8 Å². The summed E-state index contributed by atoms with van der Waals surface area (Å²) in [6.07, 6.45) is 1.59. The van der Waals surface area contributed by atoms with Crippen LogP contribution in [0, 0.1) is 11.5 Å². The molecule has 16 heavy (non-hydrogen) atoms. The summed E-state index contributed by atoms with van der Waals surface area (Å²) in [6, 6.07) is 8.55. The fourth-order valence-corrected chi connectivity index (χ4v) is 1.65. The first-order valence-corrected chi connectivity index (χ1v) is 4.85. The van der Waals surface area contributed by atoms with E-state index in [9.17, 15) is 4.79 Å². The zero-order valence-electron chi connectivity index (χ0n) is 8.07. The van der Waals surface area contributed by atoms with E-state index in [1.54, 1.807) is 30.5 Å². The molecule has 0 saturated carbocycles. The molecule has 1 amide bonds. The van der Waals surface area contributed by atoms with Crippen LogP contribution < -0.4 is 5.32 Å². The topological polar surface area (TPSA) is 65.8 Å². The maximum Gasteiger partial charge on any atom is 0.265 e. The van der Waals surface area contributed by atoms with Crippen LogP contribution in [0.5, 0.6) is 0 Å². The SMILES string of the molecule is N#CNC(=O)c1cc(Cl)nc2ccccc12. The molecule has 4 nitrogen and oxygen atoms in total. The van der Waals surface area contributed by atoms with Crippen LogP contribution in [0.4, 0.5) is 0 Å². The molecule has 0 atom stereocenters. The summed E-state index contributed by atoms with van der Waals surface area (Å²) in [5, 5.41) is 11.4. The van der Waals surface area contributed by atoms with Crippen LogP contribution in [0.1, 0.15) is 10.4 Å². The van der Waals surface area contributed by atoms with Crippen molar-refractivity contribution in [3.05, 3.63) is 41.0 Å². The fourth-order valence-electron chi connectivity index (χ4n) is 1.45. The van der Waals surface area contributed by atoms with E-state index in [1.165, 1.54) is 6.07 Å². The number of pyridine rings is 1. The number of hydrogen-bond acceptors (Lipinski definition) is 3. The number of carbonyl (C=O) groups is 1. The third-order valence-electron chi connectivity index (χ3n) is 2.10. The van der Waals surface area contributed by atoms with Crippen LogP contribution in [0.3, 0.4) is 0 Å². The van der Waals surface area contributed by atoms with Crippen molar-refractivity contribution >= 4 is 28.4 Å². The van der Waals surface area contributed by atoms with Crippen molar-refractivity contribution in [2.75, 3.05) is 0 Å². The quantitative estimate of drug-likeness (QED) is 0.464. The van der Waals surface area contributed by atoms with Crippen LogP contribution in [-0.4, -0.2) is 10.9 Å². The Morgan fingerprint density at radius 1 is 1.44 bits per heavy atom. The number of aromatic nitrogens is 1. The summed E-state index contributed by atoms with van der Waals surface area (Å²) in [7, 11) is 0. The number of nitrogens with one attached hydrogen (secondary N) is 1. The van der Waals surface area contributed by atoms with Gasteiger partial charge in [0.2, 0.25) is 0 Å². The molecule has 1 heterocycles. The lowest BCUT2D eigenvalue weighted by atomic mass is 10.1. The zero-order valence-corrected chi connectivity index (χ0v) is 8.82. The zero-order chi connectivity index (χ0) is 11.5. The van der Waals surface area contributed by atoms with Gasteiger partial charge >= 0.3 is 0 Å². The number of fused-ring (bicyclic) bond motifs is 1. The summed E-state index contributed by atoms with van der Waals surface area (Å²) in [4.78, 5) is 15.7. The predicted octanol–water partition coefficient (Wildman–Crippen LogP) is 2.10. The molecule has 0 radical (unpaired) electrons. The molecule has 0 aliphatic heterocycles. The molecular formula is C11H6ClN3O. The number of benzene rings is 1. The molecule has 5 heteroatoms. The molecule has 2 aromatic rings. The van der Waals surface area contributed by atoms with Crippen molar-refractivity contribution in [1.82, 2.24) is 10.3 Å². The summed E-state index contributed by atoms with van der Waals surface area (Å²) < 4.78 is 0. The van der Waals surface area contributed by atoms with E-state index < -0.39 is 5.91 Å². The largest absolute Gasteiger partial charge is 0.268 e. The first-order chi connectivity index (χ1) is 7.72. The number of para-hydroxylation sites is 1. The van der Waals surface area contributed by atoms with Crippen molar-refractivity contribution in [3.8, 4) is 6.19 Å². The number of nitrogens with zero attached hydrogens (tertiary/aromatic N) is 2. The molecule has 0 bridgehead atoms. The highest BCUT2D eigenvalue weighted by Crippen LogP contribution is 2.20. The summed E-state index contributed by atoms with van der Waals surface area (Å²) in [6.45, 7) is 0. The molecule has 0 saturated heterocycles. The standard InChI is InChI=1S/C11H6ClN3O/c12-10-5-8(11(16)14-6-13)7-3-1-2-4-9(7)15-10/h1-5H,(H,14,16). The predicted molar refractivity (Wildman–Crippen MR) is 59.8 cm³/mol. The van der Waals surface area contributed by atoms with Crippen LogP contribution in [0.25, 0.3) is 10.9 Å². The number of amides is 1. The number of hydrogen-bond donors (Lipinski definition) is 1. The number of carbonyl (C=O) groups excluding carboxylic acids is 1. The normalized spacial score (nSPS) is 9.75. The Morgan fingerprint density at radius 2 is 2.19 bits per heavy atom. The Kier molecular flexibility index (Phi) is 2.71. The van der Waals surface area contributed by atoms with Gasteiger partial charge in [-0.3, -0.25) is 10.1 Å². The van der Waals surface area contributed by atoms with Gasteiger partial charge in [-0.15, -0.1) is 0 Å². The van der Waals surface area contributed by atoms with Crippen LogP contribution in [0.15, 0.2) is 30.3 Å². The van der Waals surface area contributed by atoms with E-state index in [0.29, 0.717) is 16.5 Å². The summed E-state index contributed by atoms with van der Waals surface area (Å²) in [5.74, 6) is -0.483. The Morgan fingerprint density at radius 3 is 2.94 bits per heavy atom. The molecule has 2 rings (SSSR count). The van der Waals surface area contributed by atoms with Gasteiger partial charge < -0.3 is 0 Å². The van der Waals surface area contributed by atoms with Gasteiger partial charge in [-0.05, 0) is 12.1 Å². The first kappa shape index (κ1) is 10.4. The smallest absolute Gasteiger partial charge is 0.265 e. The molecule has 0 aliphatic carbocycles. The Labute approximate surface area is 96.5 Å². The van der Waals surface area contributed by atoms with Gasteiger partial charge in [0, 0.05) is 5.39 Å². The second kappa shape index (κ2) is 4.17. The first-order valence-electron chi connectivity index (χ1n) is 4.47. The summed E-state index contributed by atoms with van der Waals surface area (Å²) in [5.41, 5.74) is 0.968. The van der Waals surface area contributed by atoms with E-state index in [2.05, 4.69) is 10.3 Å². The average Bonchev–Trinajstić information content (AvgIpc) is 2.28. The number of nitriles is 1.